The molecule has 0 aliphatic carbocycles. The van der Waals surface area contributed by atoms with E-state index in [9.17, 15) is 14.7 Å². The van der Waals surface area contributed by atoms with Crippen molar-refractivity contribution in [2.75, 3.05) is 6.54 Å². The Hall–Kier alpha value is -1.14. The number of aliphatic hydroxyl groups excluding tert-OH is 1. The summed E-state index contributed by atoms with van der Waals surface area (Å²) >= 11 is 3.28. The first kappa shape index (κ1) is 15.9. The number of halogens is 1. The van der Waals surface area contributed by atoms with Crippen molar-refractivity contribution >= 4 is 21.8 Å². The maximum Gasteiger partial charge on any atom is 0.250 e. The highest BCUT2D eigenvalue weighted by Gasteiger charge is 2.05. The number of carbonyl (C=O) groups excluding carboxylic acids is 1. The van der Waals surface area contributed by atoms with Gasteiger partial charge in [0.05, 0.1) is 6.10 Å². The number of pyridine rings is 1. The monoisotopic (exact) mass is 330 g/mol. The number of aliphatic hydroxyl groups is 1. The Kier molecular flexibility index (Phi) is 6.80. The van der Waals surface area contributed by atoms with E-state index >= 15 is 0 Å². The molecule has 0 fully saturated rings. The predicted molar refractivity (Wildman–Crippen MR) is 76.9 cm³/mol. The number of hydrogen-bond donors (Lipinski definition) is 2. The molecular formula is C13H19BrN2O3. The Morgan fingerprint density at radius 3 is 2.95 bits per heavy atom. The maximum absolute atomic E-state index is 11.6. The summed E-state index contributed by atoms with van der Waals surface area (Å²) in [5.41, 5.74) is -0.127. The molecule has 19 heavy (non-hydrogen) atoms. The molecule has 1 aromatic heterocycles. The highest BCUT2D eigenvalue weighted by Crippen LogP contribution is 2.05. The van der Waals surface area contributed by atoms with Crippen molar-refractivity contribution in [3.8, 4) is 0 Å². The molecule has 1 rings (SSSR count). The molecule has 1 amide bonds. The maximum atomic E-state index is 11.6. The highest BCUT2D eigenvalue weighted by molar-refractivity contribution is 9.10. The van der Waals surface area contributed by atoms with Crippen molar-refractivity contribution in [3.05, 3.63) is 33.2 Å². The van der Waals surface area contributed by atoms with E-state index in [0.717, 1.165) is 4.47 Å². The van der Waals surface area contributed by atoms with E-state index in [1.807, 2.05) is 6.92 Å². The van der Waals surface area contributed by atoms with Crippen molar-refractivity contribution in [1.82, 2.24) is 9.88 Å². The van der Waals surface area contributed by atoms with E-state index in [1.54, 1.807) is 12.3 Å². The third kappa shape index (κ3) is 6.02. The first-order chi connectivity index (χ1) is 9.02. The lowest BCUT2D eigenvalue weighted by atomic mass is 10.2. The second-order valence-electron chi connectivity index (χ2n) is 4.33. The van der Waals surface area contributed by atoms with Crippen LogP contribution in [0.4, 0.5) is 0 Å². The van der Waals surface area contributed by atoms with Crippen molar-refractivity contribution in [2.45, 2.75) is 38.8 Å². The normalized spacial score (nSPS) is 12.2. The smallest absolute Gasteiger partial charge is 0.250 e. The molecule has 2 N–H and O–H groups in total. The summed E-state index contributed by atoms with van der Waals surface area (Å²) in [5, 5.41) is 12.1. The zero-order valence-electron chi connectivity index (χ0n) is 10.9. The highest BCUT2D eigenvalue weighted by atomic mass is 79.9. The van der Waals surface area contributed by atoms with Crippen LogP contribution in [0.25, 0.3) is 0 Å². The number of aryl methyl sites for hydroxylation is 1. The molecule has 1 aromatic rings. The van der Waals surface area contributed by atoms with Gasteiger partial charge in [-0.3, -0.25) is 9.59 Å². The number of aromatic nitrogens is 1. The predicted octanol–water partition coefficient (Wildman–Crippen LogP) is 1.28. The lowest BCUT2D eigenvalue weighted by molar-refractivity contribution is -0.121. The third-order valence-electron chi connectivity index (χ3n) is 2.80. The molecule has 0 saturated carbocycles. The summed E-state index contributed by atoms with van der Waals surface area (Å²) in [5.74, 6) is -0.116. The lowest BCUT2D eigenvalue weighted by Gasteiger charge is -2.09. The molecule has 0 bridgehead atoms. The molecule has 0 aliphatic heterocycles. The minimum absolute atomic E-state index is 0.116. The van der Waals surface area contributed by atoms with Gasteiger partial charge in [0.2, 0.25) is 5.91 Å². The molecule has 0 aromatic carbocycles. The zero-order chi connectivity index (χ0) is 14.3. The summed E-state index contributed by atoms with van der Waals surface area (Å²) < 4.78 is 2.29. The minimum Gasteiger partial charge on any atom is -0.393 e. The molecule has 0 radical (unpaired) electrons. The summed E-state index contributed by atoms with van der Waals surface area (Å²) in [7, 11) is 0. The van der Waals surface area contributed by atoms with Gasteiger partial charge in [0.15, 0.2) is 0 Å². The van der Waals surface area contributed by atoms with Gasteiger partial charge in [-0.2, -0.15) is 0 Å². The Labute approximate surface area is 120 Å². The summed E-state index contributed by atoms with van der Waals surface area (Å²) in [4.78, 5) is 23.1. The molecule has 106 valence electrons. The van der Waals surface area contributed by atoms with Crippen LogP contribution in [-0.2, 0) is 11.3 Å². The molecule has 0 saturated heterocycles. The molecule has 1 atom stereocenters. The van der Waals surface area contributed by atoms with Gasteiger partial charge in [0.1, 0.15) is 0 Å². The Balaban J connectivity index is 2.34. The number of rotatable bonds is 7. The van der Waals surface area contributed by atoms with E-state index in [-0.39, 0.29) is 24.0 Å². The molecule has 1 unspecified atom stereocenters. The van der Waals surface area contributed by atoms with Gasteiger partial charge >= 0.3 is 0 Å². The number of nitrogens with zero attached hydrogens (tertiary/aromatic N) is 1. The number of carbonyl (C=O) groups is 1. The van der Waals surface area contributed by atoms with Gasteiger partial charge in [-0.1, -0.05) is 6.92 Å². The van der Waals surface area contributed by atoms with Crippen molar-refractivity contribution in [3.63, 3.8) is 0 Å². The molecule has 1 heterocycles. The standard InChI is InChI=1S/C13H19BrN2O3/c1-2-11(17)5-7-15-12(18)6-8-16-9-10(14)3-4-13(16)19/h3-4,9,11,17H,2,5-8H2,1H3,(H,15,18). The first-order valence-electron chi connectivity index (χ1n) is 6.33. The average molecular weight is 331 g/mol. The summed E-state index contributed by atoms with van der Waals surface area (Å²) in [6.45, 7) is 2.70. The molecule has 6 heteroatoms. The van der Waals surface area contributed by atoms with Crippen LogP contribution >= 0.6 is 15.9 Å². The fraction of sp³-hybridized carbons (Fsp3) is 0.538. The fourth-order valence-corrected chi connectivity index (χ4v) is 1.95. The van der Waals surface area contributed by atoms with Crippen LogP contribution in [0.1, 0.15) is 26.2 Å². The van der Waals surface area contributed by atoms with Gasteiger partial charge in [0.25, 0.3) is 5.56 Å². The quantitative estimate of drug-likeness (QED) is 0.791. The third-order valence-corrected chi connectivity index (χ3v) is 3.27. The van der Waals surface area contributed by atoms with Crippen LogP contribution in [-0.4, -0.2) is 28.2 Å². The average Bonchev–Trinajstić information content (AvgIpc) is 2.39. The number of hydrogen-bond acceptors (Lipinski definition) is 3. The largest absolute Gasteiger partial charge is 0.393 e. The minimum atomic E-state index is -0.368. The van der Waals surface area contributed by atoms with E-state index in [2.05, 4.69) is 21.2 Å². The van der Waals surface area contributed by atoms with Gasteiger partial charge in [-0.25, -0.2) is 0 Å². The number of amides is 1. The molecule has 5 nitrogen and oxygen atoms in total. The molecular weight excluding hydrogens is 312 g/mol. The van der Waals surface area contributed by atoms with Crippen LogP contribution in [0.5, 0.6) is 0 Å². The van der Waals surface area contributed by atoms with Crippen LogP contribution in [0.15, 0.2) is 27.6 Å². The van der Waals surface area contributed by atoms with Crippen LogP contribution < -0.4 is 10.9 Å². The van der Waals surface area contributed by atoms with Crippen molar-refractivity contribution in [1.29, 1.82) is 0 Å². The second-order valence-corrected chi connectivity index (χ2v) is 5.25. The Morgan fingerprint density at radius 2 is 2.26 bits per heavy atom. The number of nitrogens with one attached hydrogen (secondary N) is 1. The summed E-state index contributed by atoms with van der Waals surface area (Å²) in [6.07, 6.45) is 2.78. The van der Waals surface area contributed by atoms with E-state index < -0.39 is 0 Å². The first-order valence-corrected chi connectivity index (χ1v) is 7.13. The van der Waals surface area contributed by atoms with Gasteiger partial charge in [-0.15, -0.1) is 0 Å². The van der Waals surface area contributed by atoms with Crippen LogP contribution in [0.2, 0.25) is 0 Å². The van der Waals surface area contributed by atoms with Crippen molar-refractivity contribution < 1.29 is 9.90 Å². The fourth-order valence-electron chi connectivity index (χ4n) is 1.57. The van der Waals surface area contributed by atoms with Gasteiger partial charge in [0, 0.05) is 36.2 Å². The summed E-state index contributed by atoms with van der Waals surface area (Å²) in [6, 6.07) is 3.13. The lowest BCUT2D eigenvalue weighted by Crippen LogP contribution is -2.29. The second kappa shape index (κ2) is 8.12. The zero-order valence-corrected chi connectivity index (χ0v) is 12.5. The Bertz CT molecular complexity index is 473. The van der Waals surface area contributed by atoms with Gasteiger partial charge < -0.3 is 15.0 Å². The van der Waals surface area contributed by atoms with E-state index in [0.29, 0.717) is 25.9 Å². The van der Waals surface area contributed by atoms with Gasteiger partial charge in [-0.05, 0) is 34.8 Å². The van der Waals surface area contributed by atoms with Crippen molar-refractivity contribution in [2.24, 2.45) is 0 Å². The van der Waals surface area contributed by atoms with E-state index in [4.69, 9.17) is 0 Å². The van der Waals surface area contributed by atoms with Crippen LogP contribution in [0.3, 0.4) is 0 Å². The van der Waals surface area contributed by atoms with Crippen LogP contribution in [0, 0.1) is 0 Å². The van der Waals surface area contributed by atoms with E-state index in [1.165, 1.54) is 10.6 Å². The Morgan fingerprint density at radius 1 is 1.53 bits per heavy atom. The SMILES string of the molecule is CCC(O)CCNC(=O)CCn1cc(Br)ccc1=O. The molecule has 0 spiro atoms. The topological polar surface area (TPSA) is 71.3 Å². The molecule has 0 aliphatic rings.